The summed E-state index contributed by atoms with van der Waals surface area (Å²) in [6.45, 7) is 3.72. The quantitative estimate of drug-likeness (QED) is 0.570. The zero-order chi connectivity index (χ0) is 20.3. The molecule has 1 aliphatic rings. The van der Waals surface area contributed by atoms with Gasteiger partial charge in [-0.3, -0.25) is 9.20 Å². The van der Waals surface area contributed by atoms with E-state index in [0.717, 1.165) is 12.8 Å². The first-order valence-electron chi connectivity index (χ1n) is 9.67. The van der Waals surface area contributed by atoms with Crippen molar-refractivity contribution in [3.63, 3.8) is 0 Å². The topological polar surface area (TPSA) is 98.5 Å². The Morgan fingerprint density at radius 3 is 2.72 bits per heavy atom. The molecule has 0 spiro atoms. The minimum atomic E-state index is -1.10. The van der Waals surface area contributed by atoms with Gasteiger partial charge in [0.25, 0.3) is 11.4 Å². The highest BCUT2D eigenvalue weighted by atomic mass is 19.1. The van der Waals surface area contributed by atoms with Crippen molar-refractivity contribution in [3.8, 4) is 11.6 Å². The first-order chi connectivity index (χ1) is 13.9. The lowest BCUT2D eigenvalue weighted by atomic mass is 10.0. The van der Waals surface area contributed by atoms with Crippen LogP contribution in [0.3, 0.4) is 0 Å². The fourth-order valence-electron chi connectivity index (χ4n) is 4.21. The molecule has 3 heterocycles. The minimum Gasteiger partial charge on any atom is -0.382 e. The number of hydrogen-bond acceptors (Lipinski definition) is 6. The maximum Gasteiger partial charge on any atom is 0.279 e. The first kappa shape index (κ1) is 18.0. The minimum absolute atomic E-state index is 0.0803. The molecule has 1 N–H and O–H groups in total. The van der Waals surface area contributed by atoms with Crippen molar-refractivity contribution >= 4 is 16.6 Å². The number of aromatic nitrogens is 5. The summed E-state index contributed by atoms with van der Waals surface area (Å²) in [6.07, 6.45) is 4.44. The number of nitrogens with zero attached hydrogens (tertiary/aromatic N) is 5. The van der Waals surface area contributed by atoms with Crippen LogP contribution in [0.15, 0.2) is 33.8 Å². The van der Waals surface area contributed by atoms with E-state index in [0.29, 0.717) is 23.9 Å². The second-order valence-electron chi connectivity index (χ2n) is 7.88. The molecule has 0 radical (unpaired) electrons. The Balaban J connectivity index is 1.77. The highest BCUT2D eigenvalue weighted by Crippen LogP contribution is 2.37. The summed E-state index contributed by atoms with van der Waals surface area (Å²) in [5, 5.41) is 14.7. The fraction of sp³-hybridized carbons (Fsp3) is 0.400. The number of imidazole rings is 1. The van der Waals surface area contributed by atoms with E-state index in [1.54, 1.807) is 10.5 Å². The van der Waals surface area contributed by atoms with Crippen LogP contribution in [0.5, 0.6) is 0 Å². The lowest BCUT2D eigenvalue weighted by molar-refractivity contribution is 0.0328. The van der Waals surface area contributed by atoms with Gasteiger partial charge in [0.15, 0.2) is 5.69 Å². The van der Waals surface area contributed by atoms with Crippen LogP contribution >= 0.6 is 0 Å². The molecule has 3 aromatic heterocycles. The molecule has 0 atom stereocenters. The number of fused-ring (bicyclic) bond motifs is 3. The molecule has 29 heavy (non-hydrogen) atoms. The SMILES string of the molecule is CC(C)n1c(=O)c2c(-c3nc(C4(O)CCCC4)no3)ncn2c2ccc(F)cc21. The molecular formula is C20H20FN5O3. The molecule has 0 saturated heterocycles. The number of rotatable bonds is 3. The highest BCUT2D eigenvalue weighted by molar-refractivity contribution is 5.83. The van der Waals surface area contributed by atoms with Gasteiger partial charge in [-0.2, -0.15) is 4.98 Å². The maximum atomic E-state index is 13.9. The van der Waals surface area contributed by atoms with Gasteiger partial charge in [0, 0.05) is 6.04 Å². The van der Waals surface area contributed by atoms with E-state index >= 15 is 0 Å². The summed E-state index contributed by atoms with van der Waals surface area (Å²) in [7, 11) is 0. The molecule has 1 saturated carbocycles. The fourth-order valence-corrected chi connectivity index (χ4v) is 4.21. The van der Waals surface area contributed by atoms with Gasteiger partial charge in [-0.15, -0.1) is 0 Å². The molecule has 0 amide bonds. The number of benzene rings is 1. The summed E-state index contributed by atoms with van der Waals surface area (Å²) < 4.78 is 22.4. The third-order valence-corrected chi connectivity index (χ3v) is 5.64. The molecule has 9 heteroatoms. The van der Waals surface area contributed by atoms with Crippen molar-refractivity contribution in [2.75, 3.05) is 0 Å². The molecule has 0 bridgehead atoms. The predicted octanol–water partition coefficient (Wildman–Crippen LogP) is 3.18. The molecule has 8 nitrogen and oxygen atoms in total. The van der Waals surface area contributed by atoms with Crippen LogP contribution in [-0.2, 0) is 5.60 Å². The van der Waals surface area contributed by atoms with Crippen LogP contribution in [0.4, 0.5) is 4.39 Å². The molecule has 1 aromatic carbocycles. The molecule has 1 fully saturated rings. The van der Waals surface area contributed by atoms with Crippen molar-refractivity contribution < 1.29 is 14.0 Å². The average molecular weight is 397 g/mol. The summed E-state index contributed by atoms with van der Waals surface area (Å²) in [6, 6.07) is 4.10. The van der Waals surface area contributed by atoms with E-state index in [2.05, 4.69) is 15.1 Å². The second kappa shape index (κ2) is 6.21. The van der Waals surface area contributed by atoms with Crippen LogP contribution in [0.1, 0.15) is 51.4 Å². The van der Waals surface area contributed by atoms with Gasteiger partial charge in [-0.25, -0.2) is 9.37 Å². The van der Waals surface area contributed by atoms with E-state index in [1.807, 2.05) is 13.8 Å². The Bertz CT molecular complexity index is 1300. The van der Waals surface area contributed by atoms with E-state index < -0.39 is 11.4 Å². The van der Waals surface area contributed by atoms with Gasteiger partial charge in [0.2, 0.25) is 5.82 Å². The van der Waals surface area contributed by atoms with E-state index in [4.69, 9.17) is 4.52 Å². The summed E-state index contributed by atoms with van der Waals surface area (Å²) in [5.74, 6) is -0.118. The monoisotopic (exact) mass is 397 g/mol. The van der Waals surface area contributed by atoms with Crippen LogP contribution in [-0.4, -0.2) is 29.2 Å². The van der Waals surface area contributed by atoms with Gasteiger partial charge in [-0.05, 0) is 57.7 Å². The zero-order valence-electron chi connectivity index (χ0n) is 16.1. The van der Waals surface area contributed by atoms with Crippen LogP contribution in [0.25, 0.3) is 28.1 Å². The number of aliphatic hydroxyl groups is 1. The molecule has 5 rings (SSSR count). The Morgan fingerprint density at radius 2 is 2.00 bits per heavy atom. The first-order valence-corrected chi connectivity index (χ1v) is 9.67. The summed E-state index contributed by atoms with van der Waals surface area (Å²) in [5.41, 5.74) is 0.211. The van der Waals surface area contributed by atoms with Crippen molar-refractivity contribution in [1.82, 2.24) is 24.1 Å². The van der Waals surface area contributed by atoms with Crippen molar-refractivity contribution in [2.45, 2.75) is 51.2 Å². The summed E-state index contributed by atoms with van der Waals surface area (Å²) >= 11 is 0. The van der Waals surface area contributed by atoms with Gasteiger partial charge >= 0.3 is 0 Å². The van der Waals surface area contributed by atoms with Crippen LogP contribution < -0.4 is 5.56 Å². The van der Waals surface area contributed by atoms with Gasteiger partial charge in [0.05, 0.1) is 11.0 Å². The number of hydrogen-bond donors (Lipinski definition) is 1. The number of halogens is 1. The smallest absolute Gasteiger partial charge is 0.279 e. The highest BCUT2D eigenvalue weighted by Gasteiger charge is 2.38. The Morgan fingerprint density at radius 1 is 1.24 bits per heavy atom. The lowest BCUT2D eigenvalue weighted by Crippen LogP contribution is -2.25. The Hall–Kier alpha value is -3.07. The molecule has 0 unspecified atom stereocenters. The third-order valence-electron chi connectivity index (χ3n) is 5.64. The van der Waals surface area contributed by atoms with Crippen LogP contribution in [0, 0.1) is 5.82 Å². The van der Waals surface area contributed by atoms with Crippen molar-refractivity contribution in [1.29, 1.82) is 0 Å². The zero-order valence-corrected chi connectivity index (χ0v) is 16.1. The largest absolute Gasteiger partial charge is 0.382 e. The van der Waals surface area contributed by atoms with Gasteiger partial charge in [-0.1, -0.05) is 5.16 Å². The molecule has 1 aliphatic carbocycles. The van der Waals surface area contributed by atoms with E-state index in [9.17, 15) is 14.3 Å². The average Bonchev–Trinajstić information content (AvgIpc) is 3.40. The van der Waals surface area contributed by atoms with E-state index in [1.165, 1.54) is 23.0 Å². The Labute approximate surface area is 164 Å². The molecule has 0 aliphatic heterocycles. The second-order valence-corrected chi connectivity index (χ2v) is 7.88. The standard InChI is InChI=1S/C20H20FN5O3/c1-11(2)26-14-9-12(21)5-6-13(14)25-10-22-15(16(25)18(26)27)17-23-19(24-29-17)20(28)7-3-4-8-20/h5-6,9-11,28H,3-4,7-8H2,1-2H3. The van der Waals surface area contributed by atoms with Crippen LogP contribution in [0.2, 0.25) is 0 Å². The third kappa shape index (κ3) is 2.61. The van der Waals surface area contributed by atoms with E-state index in [-0.39, 0.29) is 34.5 Å². The van der Waals surface area contributed by atoms with Gasteiger partial charge < -0.3 is 14.2 Å². The Kier molecular flexibility index (Phi) is 3.86. The van der Waals surface area contributed by atoms with Crippen molar-refractivity contribution in [3.05, 3.63) is 46.5 Å². The van der Waals surface area contributed by atoms with Gasteiger partial charge in [0.1, 0.15) is 23.3 Å². The normalized spacial score (nSPS) is 16.4. The molecule has 150 valence electrons. The molecular weight excluding hydrogens is 377 g/mol. The summed E-state index contributed by atoms with van der Waals surface area (Å²) in [4.78, 5) is 22.0. The maximum absolute atomic E-state index is 13.9. The molecule has 4 aromatic rings. The lowest BCUT2D eigenvalue weighted by Gasteiger charge is -2.16. The van der Waals surface area contributed by atoms with Crippen molar-refractivity contribution in [2.24, 2.45) is 0 Å². The predicted molar refractivity (Wildman–Crippen MR) is 103 cm³/mol.